The van der Waals surface area contributed by atoms with E-state index in [1.54, 1.807) is 18.5 Å². The third-order valence-corrected chi connectivity index (χ3v) is 5.72. The summed E-state index contributed by atoms with van der Waals surface area (Å²) in [7, 11) is 0. The second-order valence-corrected chi connectivity index (χ2v) is 7.45. The third-order valence-electron chi connectivity index (χ3n) is 5.72. The van der Waals surface area contributed by atoms with Gasteiger partial charge in [0.05, 0.1) is 0 Å². The first kappa shape index (κ1) is 18.4. The number of esters is 1. The molecule has 1 aliphatic heterocycles. The second kappa shape index (κ2) is 7.63. The summed E-state index contributed by atoms with van der Waals surface area (Å²) in [5.74, 6) is -0.454. The fourth-order valence-electron chi connectivity index (χ4n) is 4.24. The Bertz CT molecular complexity index is 1050. The van der Waals surface area contributed by atoms with Crippen LogP contribution in [0.4, 0.5) is 4.79 Å². The Morgan fingerprint density at radius 1 is 1.03 bits per heavy atom. The normalized spacial score (nSPS) is 17.4. The van der Waals surface area contributed by atoms with Crippen molar-refractivity contribution in [2.75, 3.05) is 13.3 Å². The number of hydrogen-bond acceptors (Lipinski definition) is 5. The molecule has 0 bridgehead atoms. The maximum Gasteiger partial charge on any atom is 0.413 e. The van der Waals surface area contributed by atoms with Crippen LogP contribution in [0, 0.1) is 0 Å². The van der Waals surface area contributed by atoms with Gasteiger partial charge in [-0.25, -0.2) is 9.59 Å². The summed E-state index contributed by atoms with van der Waals surface area (Å²) >= 11 is 0. The number of ether oxygens (including phenoxy) is 2. The molecule has 1 amide bonds. The molecule has 6 heteroatoms. The summed E-state index contributed by atoms with van der Waals surface area (Å²) in [6.45, 7) is 0.109. The van der Waals surface area contributed by atoms with E-state index in [1.165, 1.54) is 16.0 Å². The number of hydrogen-bond donors (Lipinski definition) is 0. The molecule has 1 saturated heterocycles. The van der Waals surface area contributed by atoms with Crippen LogP contribution in [0.3, 0.4) is 0 Å². The quantitative estimate of drug-likeness (QED) is 0.624. The first-order chi connectivity index (χ1) is 14.7. The highest BCUT2D eigenvalue weighted by molar-refractivity contribution is 5.84. The molecule has 1 aliphatic carbocycles. The summed E-state index contributed by atoms with van der Waals surface area (Å²) in [5, 5.41) is 0. The molecule has 2 heterocycles. The largest absolute Gasteiger partial charge is 0.448 e. The number of rotatable bonds is 4. The van der Waals surface area contributed by atoms with Crippen molar-refractivity contribution < 1.29 is 19.1 Å². The zero-order chi connectivity index (χ0) is 20.5. The number of cyclic esters (lactones) is 1. The molecule has 2 aliphatic rings. The zero-order valence-corrected chi connectivity index (χ0v) is 16.2. The van der Waals surface area contributed by atoms with E-state index < -0.39 is 18.1 Å². The lowest BCUT2D eigenvalue weighted by Crippen LogP contribution is -2.40. The lowest BCUT2D eigenvalue weighted by Gasteiger charge is -2.21. The van der Waals surface area contributed by atoms with E-state index in [1.807, 2.05) is 30.3 Å². The van der Waals surface area contributed by atoms with Crippen LogP contribution in [0.15, 0.2) is 73.1 Å². The zero-order valence-electron chi connectivity index (χ0n) is 16.2. The Morgan fingerprint density at radius 2 is 1.73 bits per heavy atom. The molecular weight excluding hydrogens is 380 g/mol. The number of carbonyl (C=O) groups excluding carboxylic acids is 2. The van der Waals surface area contributed by atoms with Crippen LogP contribution in [0.5, 0.6) is 0 Å². The van der Waals surface area contributed by atoms with Crippen molar-refractivity contribution >= 4 is 12.1 Å². The van der Waals surface area contributed by atoms with E-state index in [2.05, 4.69) is 29.2 Å². The van der Waals surface area contributed by atoms with Crippen molar-refractivity contribution in [2.45, 2.75) is 18.4 Å². The number of aromatic nitrogens is 1. The van der Waals surface area contributed by atoms with Crippen LogP contribution in [0.1, 0.15) is 22.6 Å². The Morgan fingerprint density at radius 3 is 2.40 bits per heavy atom. The van der Waals surface area contributed by atoms with Crippen molar-refractivity contribution in [1.29, 1.82) is 0 Å². The fraction of sp³-hybridized carbons (Fsp3) is 0.208. The van der Waals surface area contributed by atoms with Gasteiger partial charge in [-0.15, -0.1) is 0 Å². The Labute approximate surface area is 174 Å². The van der Waals surface area contributed by atoms with Gasteiger partial charge in [0.15, 0.2) is 6.73 Å². The summed E-state index contributed by atoms with van der Waals surface area (Å²) < 4.78 is 10.8. The van der Waals surface area contributed by atoms with Crippen LogP contribution in [0.25, 0.3) is 11.1 Å². The molecule has 150 valence electrons. The van der Waals surface area contributed by atoms with E-state index in [9.17, 15) is 9.59 Å². The monoisotopic (exact) mass is 400 g/mol. The number of amides is 1. The molecule has 0 unspecified atom stereocenters. The van der Waals surface area contributed by atoms with E-state index in [0.29, 0.717) is 6.42 Å². The van der Waals surface area contributed by atoms with Gasteiger partial charge in [-0.3, -0.25) is 9.88 Å². The Hall–Kier alpha value is -3.67. The highest BCUT2D eigenvalue weighted by Crippen LogP contribution is 2.44. The average molecular weight is 400 g/mol. The van der Waals surface area contributed by atoms with Gasteiger partial charge in [0.2, 0.25) is 0 Å². The molecule has 1 fully saturated rings. The number of fused-ring (bicyclic) bond motifs is 3. The van der Waals surface area contributed by atoms with Crippen LogP contribution in [0.2, 0.25) is 0 Å². The Kier molecular flexibility index (Phi) is 4.67. The minimum atomic E-state index is -0.704. The van der Waals surface area contributed by atoms with Gasteiger partial charge in [-0.1, -0.05) is 54.6 Å². The highest BCUT2D eigenvalue weighted by Gasteiger charge is 2.39. The van der Waals surface area contributed by atoms with Crippen molar-refractivity contribution in [3.63, 3.8) is 0 Å². The van der Waals surface area contributed by atoms with Crippen LogP contribution in [-0.4, -0.2) is 41.3 Å². The standard InChI is InChI=1S/C24H20N2O4/c27-23-22(12-16-6-5-11-25-13-16)26(15-30-23)24(28)29-14-21-19-9-3-1-7-17(19)18-8-2-4-10-20(18)21/h1-11,13,21-22H,12,14-15H2/t22-/m0/s1. The lowest BCUT2D eigenvalue weighted by atomic mass is 9.98. The van der Waals surface area contributed by atoms with Gasteiger partial charge in [0.25, 0.3) is 0 Å². The van der Waals surface area contributed by atoms with Gasteiger partial charge in [-0.05, 0) is 33.9 Å². The van der Waals surface area contributed by atoms with Crippen molar-refractivity contribution in [3.8, 4) is 11.1 Å². The maximum absolute atomic E-state index is 12.8. The molecule has 3 aromatic rings. The smallest absolute Gasteiger partial charge is 0.413 e. The maximum atomic E-state index is 12.8. The molecular formula is C24H20N2O4. The summed E-state index contributed by atoms with van der Waals surface area (Å²) in [6, 6.07) is 19.3. The molecule has 0 saturated carbocycles. The Balaban J connectivity index is 1.32. The first-order valence-corrected chi connectivity index (χ1v) is 9.89. The summed E-state index contributed by atoms with van der Waals surface area (Å²) in [4.78, 5) is 30.4. The van der Waals surface area contributed by atoms with Gasteiger partial charge < -0.3 is 9.47 Å². The molecule has 1 aromatic heterocycles. The SMILES string of the molecule is O=C1OCN(C(=O)OCC2c3ccccc3-c3ccccc32)[C@H]1Cc1cccnc1. The summed E-state index contributed by atoms with van der Waals surface area (Å²) in [6.07, 6.45) is 3.15. The van der Waals surface area contributed by atoms with Crippen molar-refractivity contribution in [2.24, 2.45) is 0 Å². The fourth-order valence-corrected chi connectivity index (χ4v) is 4.24. The highest BCUT2D eigenvalue weighted by atomic mass is 16.6. The van der Waals surface area contributed by atoms with Crippen LogP contribution >= 0.6 is 0 Å². The molecule has 1 atom stereocenters. The molecule has 0 radical (unpaired) electrons. The predicted octanol–water partition coefficient (Wildman–Crippen LogP) is 3.76. The van der Waals surface area contributed by atoms with E-state index in [0.717, 1.165) is 16.7 Å². The van der Waals surface area contributed by atoms with Gasteiger partial charge in [-0.2, -0.15) is 0 Å². The minimum absolute atomic E-state index is 0.0302. The van der Waals surface area contributed by atoms with E-state index >= 15 is 0 Å². The number of carbonyl (C=O) groups is 2. The number of benzene rings is 2. The average Bonchev–Trinajstić information content (AvgIpc) is 3.31. The molecule has 2 aromatic carbocycles. The van der Waals surface area contributed by atoms with Crippen LogP contribution < -0.4 is 0 Å². The second-order valence-electron chi connectivity index (χ2n) is 7.45. The molecule has 5 rings (SSSR count). The number of pyridine rings is 1. The van der Waals surface area contributed by atoms with E-state index in [4.69, 9.17) is 9.47 Å². The molecule has 0 N–H and O–H groups in total. The van der Waals surface area contributed by atoms with Gasteiger partial charge in [0, 0.05) is 24.7 Å². The minimum Gasteiger partial charge on any atom is -0.448 e. The topological polar surface area (TPSA) is 68.7 Å². The third kappa shape index (κ3) is 3.20. The lowest BCUT2D eigenvalue weighted by molar-refractivity contribution is -0.139. The number of nitrogens with zero attached hydrogens (tertiary/aromatic N) is 2. The summed E-state index contributed by atoms with van der Waals surface area (Å²) in [5.41, 5.74) is 5.49. The molecule has 0 spiro atoms. The molecule has 6 nitrogen and oxygen atoms in total. The van der Waals surface area contributed by atoms with Crippen molar-refractivity contribution in [1.82, 2.24) is 9.88 Å². The van der Waals surface area contributed by atoms with E-state index in [-0.39, 0.29) is 19.3 Å². The van der Waals surface area contributed by atoms with Gasteiger partial charge in [0.1, 0.15) is 12.6 Å². The van der Waals surface area contributed by atoms with Crippen molar-refractivity contribution in [3.05, 3.63) is 89.7 Å². The van der Waals surface area contributed by atoms with Crippen LogP contribution in [-0.2, 0) is 20.7 Å². The van der Waals surface area contributed by atoms with Gasteiger partial charge >= 0.3 is 12.1 Å². The molecule has 30 heavy (non-hydrogen) atoms. The first-order valence-electron chi connectivity index (χ1n) is 9.89. The predicted molar refractivity (Wildman–Crippen MR) is 110 cm³/mol.